The summed E-state index contributed by atoms with van der Waals surface area (Å²) in [6.45, 7) is 14.4. The van der Waals surface area contributed by atoms with Crippen molar-refractivity contribution in [3.05, 3.63) is 102 Å². The van der Waals surface area contributed by atoms with Gasteiger partial charge in [0.1, 0.15) is 78.3 Å². The van der Waals surface area contributed by atoms with E-state index in [4.69, 9.17) is 0 Å². The number of carboxylic acids is 2. The molecule has 33 nitrogen and oxygen atoms in total. The Morgan fingerprint density at radius 2 is 0.731 bits per heavy atom. The summed E-state index contributed by atoms with van der Waals surface area (Å²) < 4.78 is 0. The summed E-state index contributed by atoms with van der Waals surface area (Å²) in [4.78, 5) is 191. The van der Waals surface area contributed by atoms with E-state index in [9.17, 15) is 87.5 Å². The third kappa shape index (κ3) is 31.2. The van der Waals surface area contributed by atoms with Crippen LogP contribution in [0.15, 0.2) is 84.9 Å². The largest absolute Gasteiger partial charge is 0.508 e. The minimum Gasteiger partial charge on any atom is -0.508 e. The van der Waals surface area contributed by atoms with Gasteiger partial charge in [-0.15, -0.1) is 0 Å². The second-order valence-electron chi connectivity index (χ2n) is 26.6. The number of aliphatic hydroxyl groups excluding tert-OH is 1. The molecule has 0 heterocycles. The van der Waals surface area contributed by atoms with Crippen molar-refractivity contribution in [2.45, 2.75) is 224 Å². The number of unbranched alkanes of at least 4 members (excludes halogenated alkanes) is 2. The average Bonchev–Trinajstić information content (AvgIpc) is 0.854. The fraction of sp³-hybridized carbons (Fsp3) is 0.549. The Kier molecular flexibility index (Phi) is 38.2. The van der Waals surface area contributed by atoms with E-state index in [-0.39, 0.29) is 50.2 Å². The van der Waals surface area contributed by atoms with Gasteiger partial charge in [-0.3, -0.25) is 62.3 Å². The van der Waals surface area contributed by atoms with Crippen LogP contribution in [-0.4, -0.2) is 201 Å². The molecule has 3 aromatic rings. The van der Waals surface area contributed by atoms with Crippen LogP contribution in [-0.2, 0) is 86.4 Å². The number of benzene rings is 3. The van der Waals surface area contributed by atoms with Gasteiger partial charge in [0.15, 0.2) is 6.04 Å². The zero-order chi connectivity index (χ0) is 77.9. The standard InChI is InChI=1S/C71H107N15O18/c1-10-39(4)57(85-68(100)51(33-38(2)3)82-67(99)54(37-56(89)90)80-59(91)40(5)74)69(101)77-42(7)61(93)81-52(35-47-27-29-48(88)30-28-47)66(98)83-53(34-45-21-13-11-14-22-45)65(97)78-49(25-17-19-31-72)63(95)76-41(6)60(92)75-43(8)62(94)86-58(44(9)87)70(102)79-50(26-18-20-32-73)64(96)84-55(71(103)104)36-46-23-15-12-16-24-46/h11-16,21-24,27-30,38-44,49-55,57-58,87-88H,10,17-20,25-26,31-37,72-74H2,1-9H3,(H,75,92)(H,76,95)(H,77,101)(H,78,97)(H,79,102)(H,80,91)(H,81,93)(H,82,99)(H,83,98)(H,84,96)(H,85,100)(H,86,94)(H,89,90)(H,103,104)/p+3/t39-,40-,41-,42-,43-,44+,49-,50-,51-,52-,53-,54-,55-,57-,58-/m0/s1. The third-order valence-electron chi connectivity index (χ3n) is 17.0. The number of carbonyl (C=O) groups excluding carboxylic acids is 12. The highest BCUT2D eigenvalue weighted by Gasteiger charge is 2.38. The molecule has 0 aromatic heterocycles. The van der Waals surface area contributed by atoms with E-state index >= 15 is 0 Å². The number of nitrogens with one attached hydrogen (secondary N) is 12. The van der Waals surface area contributed by atoms with Crippen LogP contribution in [0.5, 0.6) is 5.75 Å². The Hall–Kier alpha value is -10.1. The monoisotopic (exact) mass is 1460 g/mol. The molecule has 0 saturated carbocycles. The molecule has 0 bridgehead atoms. The summed E-state index contributed by atoms with van der Waals surface area (Å²) in [6.07, 6.45) is -0.636. The molecule has 0 aliphatic carbocycles. The van der Waals surface area contributed by atoms with Gasteiger partial charge in [0.05, 0.1) is 25.6 Å². The van der Waals surface area contributed by atoms with Crippen LogP contribution in [0.2, 0.25) is 0 Å². The molecule has 0 saturated heterocycles. The van der Waals surface area contributed by atoms with Crippen molar-refractivity contribution in [3.63, 3.8) is 0 Å². The normalized spacial score (nSPS) is 15.5. The van der Waals surface area contributed by atoms with Crippen molar-refractivity contribution in [1.82, 2.24) is 63.8 Å². The summed E-state index contributed by atoms with van der Waals surface area (Å²) in [5.41, 5.74) is 12.9. The van der Waals surface area contributed by atoms with Gasteiger partial charge in [0, 0.05) is 19.3 Å². The second-order valence-corrected chi connectivity index (χ2v) is 26.6. The van der Waals surface area contributed by atoms with Gasteiger partial charge >= 0.3 is 11.9 Å². The van der Waals surface area contributed by atoms with Crippen LogP contribution < -0.4 is 81.0 Å². The third-order valence-corrected chi connectivity index (χ3v) is 17.0. The lowest BCUT2D eigenvalue weighted by Gasteiger charge is -2.29. The molecule has 3 rings (SSSR count). The lowest BCUT2D eigenvalue weighted by molar-refractivity contribution is -0.398. The summed E-state index contributed by atoms with van der Waals surface area (Å²) in [7, 11) is 0. The molecule has 3 aromatic carbocycles. The summed E-state index contributed by atoms with van der Waals surface area (Å²) in [6, 6.07) is 4.77. The Morgan fingerprint density at radius 1 is 0.385 bits per heavy atom. The SMILES string of the molecule is CC[C@H](C)[C@H](NC(=O)[C@H](CC(C)C)NC(=O)[C@H](CC(=O)O)NC(=O)[C@H](C)[NH3+])C(=O)N[C@@H](C)C(=O)N[C@@H](Cc1ccc(O)cc1)C(=O)N[C@@H](Cc1ccccc1)C(=O)N[C@@H](CCCC[NH3+])C(=O)N[C@@H](C)C(=O)N[C@@H](C)C(=O)N[C@H](C(=O)N[C@@H](CCCC[NH3+])C(=O)N[C@@H](Cc1ccccc1)C(=O)O)[C@@H](C)O. The number of phenols is 1. The average molecular weight is 1460 g/mol. The molecule has 25 N–H and O–H groups in total. The van der Waals surface area contributed by atoms with Gasteiger partial charge in [0.2, 0.25) is 65.0 Å². The number of aliphatic hydroxyl groups is 1. The van der Waals surface area contributed by atoms with E-state index in [1.165, 1.54) is 58.9 Å². The fourth-order valence-corrected chi connectivity index (χ4v) is 10.6. The van der Waals surface area contributed by atoms with E-state index in [1.807, 2.05) is 0 Å². The molecular formula is C71H110N15O18+3. The summed E-state index contributed by atoms with van der Waals surface area (Å²) in [5.74, 6) is -14.2. The van der Waals surface area contributed by atoms with Crippen molar-refractivity contribution in [1.29, 1.82) is 0 Å². The first-order valence-electron chi connectivity index (χ1n) is 35.1. The molecule has 0 unspecified atom stereocenters. The quantitative estimate of drug-likeness (QED) is 0.0238. The maximum Gasteiger partial charge on any atom is 0.326 e. The maximum absolute atomic E-state index is 14.8. The first-order valence-corrected chi connectivity index (χ1v) is 35.1. The molecule has 0 fully saturated rings. The zero-order valence-corrected chi connectivity index (χ0v) is 60.8. The lowest BCUT2D eigenvalue weighted by atomic mass is 9.96. The van der Waals surface area contributed by atoms with Gasteiger partial charge in [0.25, 0.3) is 5.91 Å². The number of hydrogen-bond acceptors (Lipinski definition) is 16. The molecule has 0 aliphatic rings. The van der Waals surface area contributed by atoms with Crippen LogP contribution in [0.3, 0.4) is 0 Å². The van der Waals surface area contributed by atoms with Gasteiger partial charge < -0.3 is 101 Å². The van der Waals surface area contributed by atoms with E-state index in [2.05, 4.69) is 81.0 Å². The van der Waals surface area contributed by atoms with Crippen molar-refractivity contribution in [2.75, 3.05) is 13.1 Å². The lowest BCUT2D eigenvalue weighted by Crippen LogP contribution is -2.67. The number of aliphatic carboxylic acids is 2. The topological polar surface area (TPSA) is 547 Å². The van der Waals surface area contributed by atoms with Crippen molar-refractivity contribution < 1.29 is 105 Å². The van der Waals surface area contributed by atoms with Gasteiger partial charge in [-0.05, 0) is 120 Å². The van der Waals surface area contributed by atoms with Crippen molar-refractivity contribution >= 4 is 82.8 Å². The Bertz CT molecular complexity index is 3350. The number of aromatic hydroxyl groups is 1. The molecule has 0 radical (unpaired) electrons. The van der Waals surface area contributed by atoms with E-state index in [0.29, 0.717) is 61.9 Å². The molecule has 33 heteroatoms. The number of quaternary nitrogens is 3. The fourth-order valence-electron chi connectivity index (χ4n) is 10.6. The highest BCUT2D eigenvalue weighted by molar-refractivity contribution is 6.00. The van der Waals surface area contributed by atoms with E-state index < -0.39 is 180 Å². The highest BCUT2D eigenvalue weighted by atomic mass is 16.4. The predicted molar refractivity (Wildman–Crippen MR) is 378 cm³/mol. The number of amides is 12. The van der Waals surface area contributed by atoms with Crippen LogP contribution in [0.1, 0.15) is 137 Å². The number of rotatable bonds is 46. The number of carbonyl (C=O) groups is 14. The number of carboxylic acid groups (broad SMARTS) is 2. The molecule has 104 heavy (non-hydrogen) atoms. The molecule has 0 aliphatic heterocycles. The highest BCUT2D eigenvalue weighted by Crippen LogP contribution is 2.16. The van der Waals surface area contributed by atoms with Gasteiger partial charge in [-0.2, -0.15) is 0 Å². The predicted octanol–water partition coefficient (Wildman–Crippen LogP) is -4.22. The van der Waals surface area contributed by atoms with Gasteiger partial charge in [-0.1, -0.05) is 107 Å². The van der Waals surface area contributed by atoms with E-state index in [0.717, 1.165) is 0 Å². The Morgan fingerprint density at radius 3 is 1.18 bits per heavy atom. The van der Waals surface area contributed by atoms with Crippen molar-refractivity contribution in [3.8, 4) is 5.75 Å². The number of hydrogen-bond donors (Lipinski definition) is 19. The molecule has 0 spiro atoms. The zero-order valence-electron chi connectivity index (χ0n) is 60.8. The first-order chi connectivity index (χ1) is 49.1. The smallest absolute Gasteiger partial charge is 0.326 e. The van der Waals surface area contributed by atoms with Crippen LogP contribution in [0, 0.1) is 11.8 Å². The summed E-state index contributed by atoms with van der Waals surface area (Å²) in [5, 5.41) is 71.0. The first kappa shape index (κ1) is 88.1. The second kappa shape index (κ2) is 45.1. The molecule has 12 amide bonds. The minimum absolute atomic E-state index is 0.00766. The minimum atomic E-state index is -1.69. The molecular weight excluding hydrogens is 1350 g/mol. The van der Waals surface area contributed by atoms with Crippen LogP contribution in [0.25, 0.3) is 0 Å². The Balaban J connectivity index is 1.86. The number of phenolic OH excluding ortho intramolecular Hbond substituents is 1. The van der Waals surface area contributed by atoms with Crippen LogP contribution in [0.4, 0.5) is 0 Å². The molecule has 574 valence electrons. The van der Waals surface area contributed by atoms with Gasteiger partial charge in [-0.25, -0.2) is 4.79 Å². The summed E-state index contributed by atoms with van der Waals surface area (Å²) >= 11 is 0. The van der Waals surface area contributed by atoms with Crippen LogP contribution >= 0.6 is 0 Å². The van der Waals surface area contributed by atoms with Crippen molar-refractivity contribution in [2.24, 2.45) is 11.8 Å². The Labute approximate surface area is 605 Å². The maximum atomic E-state index is 14.8. The van der Waals surface area contributed by atoms with E-state index in [1.54, 1.807) is 88.4 Å². The molecule has 15 atom stereocenters.